The third-order valence-corrected chi connectivity index (χ3v) is 3.39. The minimum Gasteiger partial charge on any atom is -0.376 e. The number of rotatable bonds is 6. The molecule has 0 bridgehead atoms. The molecule has 0 aromatic heterocycles. The molecule has 0 saturated carbocycles. The van der Waals surface area contributed by atoms with E-state index in [0.717, 1.165) is 17.8 Å². The fourth-order valence-corrected chi connectivity index (χ4v) is 2.03. The van der Waals surface area contributed by atoms with Crippen molar-refractivity contribution in [1.29, 1.82) is 0 Å². The molecule has 2 N–H and O–H groups in total. The number of nitrogens with one attached hydrogen (secondary N) is 2. The van der Waals surface area contributed by atoms with E-state index < -0.39 is 0 Å². The maximum Gasteiger partial charge on any atom is 0.243 e. The van der Waals surface area contributed by atoms with Crippen LogP contribution < -0.4 is 10.6 Å². The molecule has 0 fully saturated rings. The molecule has 2 rings (SSSR count). The van der Waals surface area contributed by atoms with Crippen LogP contribution in [0.25, 0.3) is 0 Å². The zero-order valence-corrected chi connectivity index (χ0v) is 12.8. The molecular formula is C18H20N2O2. The lowest BCUT2D eigenvalue weighted by atomic mass is 10.1. The van der Waals surface area contributed by atoms with E-state index in [1.54, 1.807) is 24.3 Å². The fraction of sp³-hybridized carbons (Fsp3) is 0.222. The van der Waals surface area contributed by atoms with Gasteiger partial charge in [-0.15, -0.1) is 0 Å². The van der Waals surface area contributed by atoms with E-state index in [4.69, 9.17) is 0 Å². The largest absolute Gasteiger partial charge is 0.376 e. The number of carbonyl (C=O) groups is 2. The molecular weight excluding hydrogens is 276 g/mol. The Labute approximate surface area is 130 Å². The fourth-order valence-electron chi connectivity index (χ4n) is 2.03. The summed E-state index contributed by atoms with van der Waals surface area (Å²) in [5.74, 6) is -0.0836. The molecule has 0 aliphatic heterocycles. The highest BCUT2D eigenvalue weighted by atomic mass is 16.2. The number of hydrogen-bond donors (Lipinski definition) is 2. The number of ketones is 1. The normalized spacial score (nSPS) is 10.1. The predicted octanol–water partition coefficient (Wildman–Crippen LogP) is 3.50. The van der Waals surface area contributed by atoms with Crippen LogP contribution in [-0.2, 0) is 11.2 Å². The molecule has 2 aromatic carbocycles. The number of amides is 1. The standard InChI is InChI=1S/C18H20N2O2/c1-3-14-4-8-17(9-5-14)20-18(22)12-19-16-10-6-15(7-11-16)13(2)21/h4-11,19H,3,12H2,1-2H3,(H,20,22). The number of carbonyl (C=O) groups excluding carboxylic acids is 2. The molecule has 0 saturated heterocycles. The topological polar surface area (TPSA) is 58.2 Å². The van der Waals surface area contributed by atoms with E-state index in [1.807, 2.05) is 24.3 Å². The summed E-state index contributed by atoms with van der Waals surface area (Å²) in [7, 11) is 0. The highest BCUT2D eigenvalue weighted by Gasteiger charge is 2.03. The molecule has 22 heavy (non-hydrogen) atoms. The Kier molecular flexibility index (Phi) is 5.31. The molecule has 0 aliphatic carbocycles. The first-order chi connectivity index (χ1) is 10.6. The minimum atomic E-state index is -0.111. The Morgan fingerprint density at radius 2 is 1.50 bits per heavy atom. The molecule has 0 aliphatic rings. The summed E-state index contributed by atoms with van der Waals surface area (Å²) >= 11 is 0. The summed E-state index contributed by atoms with van der Waals surface area (Å²) in [6.07, 6.45) is 0.978. The van der Waals surface area contributed by atoms with E-state index in [-0.39, 0.29) is 18.2 Å². The Balaban J connectivity index is 1.85. The monoisotopic (exact) mass is 296 g/mol. The average molecular weight is 296 g/mol. The van der Waals surface area contributed by atoms with Crippen LogP contribution in [0.3, 0.4) is 0 Å². The lowest BCUT2D eigenvalue weighted by Gasteiger charge is -2.08. The van der Waals surface area contributed by atoms with E-state index in [0.29, 0.717) is 5.56 Å². The number of Topliss-reactive ketones (excluding diaryl/α,β-unsaturated/α-hetero) is 1. The van der Waals surface area contributed by atoms with Crippen molar-refractivity contribution in [2.24, 2.45) is 0 Å². The van der Waals surface area contributed by atoms with Gasteiger partial charge in [-0.2, -0.15) is 0 Å². The molecule has 4 nitrogen and oxygen atoms in total. The Morgan fingerprint density at radius 1 is 0.909 bits per heavy atom. The second-order valence-corrected chi connectivity index (χ2v) is 5.09. The van der Waals surface area contributed by atoms with Crippen LogP contribution in [-0.4, -0.2) is 18.2 Å². The van der Waals surface area contributed by atoms with Gasteiger partial charge in [0.1, 0.15) is 0 Å². The second-order valence-electron chi connectivity index (χ2n) is 5.09. The van der Waals surface area contributed by atoms with Crippen LogP contribution >= 0.6 is 0 Å². The van der Waals surface area contributed by atoms with E-state index in [1.165, 1.54) is 12.5 Å². The van der Waals surface area contributed by atoms with E-state index >= 15 is 0 Å². The van der Waals surface area contributed by atoms with Gasteiger partial charge in [0.25, 0.3) is 0 Å². The number of aryl methyl sites for hydroxylation is 1. The van der Waals surface area contributed by atoms with Gasteiger partial charge in [0.05, 0.1) is 6.54 Å². The third-order valence-electron chi connectivity index (χ3n) is 3.39. The van der Waals surface area contributed by atoms with E-state index in [2.05, 4.69) is 17.6 Å². The number of hydrogen-bond acceptors (Lipinski definition) is 3. The highest BCUT2D eigenvalue weighted by molar-refractivity contribution is 5.95. The summed E-state index contributed by atoms with van der Waals surface area (Å²) in [5.41, 5.74) is 3.49. The zero-order valence-electron chi connectivity index (χ0n) is 12.8. The Hall–Kier alpha value is -2.62. The Bertz CT molecular complexity index is 646. The summed E-state index contributed by atoms with van der Waals surface area (Å²) in [4.78, 5) is 23.1. The Morgan fingerprint density at radius 3 is 2.05 bits per heavy atom. The summed E-state index contributed by atoms with van der Waals surface area (Å²) < 4.78 is 0. The maximum absolute atomic E-state index is 11.9. The van der Waals surface area contributed by atoms with Crippen molar-refractivity contribution in [2.45, 2.75) is 20.3 Å². The van der Waals surface area contributed by atoms with Crippen molar-refractivity contribution in [3.8, 4) is 0 Å². The lowest BCUT2D eigenvalue weighted by Crippen LogP contribution is -2.21. The SMILES string of the molecule is CCc1ccc(NC(=O)CNc2ccc(C(C)=O)cc2)cc1. The van der Waals surface area contributed by atoms with Crippen molar-refractivity contribution in [3.05, 3.63) is 59.7 Å². The van der Waals surface area contributed by atoms with Crippen LogP contribution in [0.1, 0.15) is 29.8 Å². The molecule has 1 amide bonds. The van der Waals surface area contributed by atoms with Crippen molar-refractivity contribution in [2.75, 3.05) is 17.2 Å². The van der Waals surface area contributed by atoms with Gasteiger partial charge < -0.3 is 10.6 Å². The lowest BCUT2D eigenvalue weighted by molar-refractivity contribution is -0.114. The highest BCUT2D eigenvalue weighted by Crippen LogP contribution is 2.11. The molecule has 4 heteroatoms. The summed E-state index contributed by atoms with van der Waals surface area (Å²) in [5, 5.41) is 5.87. The van der Waals surface area contributed by atoms with Gasteiger partial charge in [-0.3, -0.25) is 9.59 Å². The van der Waals surface area contributed by atoms with Gasteiger partial charge in [0.2, 0.25) is 5.91 Å². The van der Waals surface area contributed by atoms with Crippen molar-refractivity contribution < 1.29 is 9.59 Å². The average Bonchev–Trinajstić information content (AvgIpc) is 2.54. The first-order valence-electron chi connectivity index (χ1n) is 7.32. The van der Waals surface area contributed by atoms with Gasteiger partial charge in [0.15, 0.2) is 5.78 Å². The van der Waals surface area contributed by atoms with Crippen LogP contribution in [0, 0.1) is 0 Å². The molecule has 2 aromatic rings. The zero-order chi connectivity index (χ0) is 15.9. The molecule has 0 radical (unpaired) electrons. The van der Waals surface area contributed by atoms with E-state index in [9.17, 15) is 9.59 Å². The smallest absolute Gasteiger partial charge is 0.243 e. The quantitative estimate of drug-likeness (QED) is 0.802. The molecule has 0 unspecified atom stereocenters. The van der Waals surface area contributed by atoms with Crippen LogP contribution in [0.15, 0.2) is 48.5 Å². The summed E-state index contributed by atoms with van der Waals surface area (Å²) in [6.45, 7) is 3.80. The first-order valence-corrected chi connectivity index (χ1v) is 7.32. The van der Waals surface area contributed by atoms with Gasteiger partial charge in [0, 0.05) is 16.9 Å². The van der Waals surface area contributed by atoms with Crippen molar-refractivity contribution >= 4 is 23.1 Å². The number of benzene rings is 2. The van der Waals surface area contributed by atoms with Crippen molar-refractivity contribution in [1.82, 2.24) is 0 Å². The first kappa shape index (κ1) is 15.8. The summed E-state index contributed by atoms with van der Waals surface area (Å²) in [6, 6.07) is 14.9. The van der Waals surface area contributed by atoms with Gasteiger partial charge in [-0.05, 0) is 55.3 Å². The third kappa shape index (κ3) is 4.45. The van der Waals surface area contributed by atoms with Crippen LogP contribution in [0.4, 0.5) is 11.4 Å². The van der Waals surface area contributed by atoms with Gasteiger partial charge >= 0.3 is 0 Å². The second kappa shape index (κ2) is 7.41. The maximum atomic E-state index is 11.9. The van der Waals surface area contributed by atoms with Crippen molar-refractivity contribution in [3.63, 3.8) is 0 Å². The number of anilines is 2. The van der Waals surface area contributed by atoms with Gasteiger partial charge in [-0.25, -0.2) is 0 Å². The molecule has 114 valence electrons. The van der Waals surface area contributed by atoms with Crippen LogP contribution in [0.2, 0.25) is 0 Å². The minimum absolute atomic E-state index is 0.0276. The predicted molar refractivity (Wildman–Crippen MR) is 89.4 cm³/mol. The molecule has 0 atom stereocenters. The van der Waals surface area contributed by atoms with Crippen LogP contribution in [0.5, 0.6) is 0 Å². The molecule has 0 heterocycles. The molecule has 0 spiro atoms. The van der Waals surface area contributed by atoms with Gasteiger partial charge in [-0.1, -0.05) is 19.1 Å².